The molecule has 0 N–H and O–H groups in total. The van der Waals surface area contributed by atoms with Crippen LogP contribution in [0.1, 0.15) is 24.2 Å². The largest absolute Gasteiger partial charge is 0.289 e. The van der Waals surface area contributed by atoms with E-state index in [1.807, 2.05) is 32.0 Å². The van der Waals surface area contributed by atoms with Gasteiger partial charge in [-0.05, 0) is 19.4 Å². The number of carbonyl (C=O) groups excluding carboxylic acids is 1. The molecule has 0 fully saturated rings. The molecule has 66 valence electrons. The van der Waals surface area contributed by atoms with E-state index in [4.69, 9.17) is 0 Å². The summed E-state index contributed by atoms with van der Waals surface area (Å²) in [6.45, 7) is 3.82. The average molecular weight is 172 g/mol. The van der Waals surface area contributed by atoms with Crippen LogP contribution in [0, 0.1) is 0 Å². The van der Waals surface area contributed by atoms with Crippen molar-refractivity contribution < 1.29 is 4.79 Å². The molecule has 0 bridgehead atoms. The number of rotatable bonds is 2. The molecule has 1 nitrogen and oxygen atoms in total. The summed E-state index contributed by atoms with van der Waals surface area (Å²) in [5.74, 6) is 0.00167. The second-order valence-corrected chi connectivity index (χ2v) is 3.02. The molecule has 13 heavy (non-hydrogen) atoms. The van der Waals surface area contributed by atoms with Gasteiger partial charge in [0.05, 0.1) is 0 Å². The first kappa shape index (κ1) is 9.50. The van der Waals surface area contributed by atoms with E-state index < -0.39 is 0 Å². The lowest BCUT2D eigenvalue weighted by atomic mass is 10.1. The highest BCUT2D eigenvalue weighted by Crippen LogP contribution is 2.00. The number of allylic oxidation sites excluding steroid dienone is 1. The fourth-order valence-electron chi connectivity index (χ4n) is 0.896. The lowest BCUT2D eigenvalue weighted by Gasteiger charge is -1.91. The van der Waals surface area contributed by atoms with Crippen LogP contribution in [0.25, 0.3) is 0 Å². The molecule has 0 aliphatic carbocycles. The van der Waals surface area contributed by atoms with Crippen LogP contribution in [0.3, 0.4) is 0 Å². The van der Waals surface area contributed by atoms with Gasteiger partial charge in [-0.2, -0.15) is 0 Å². The Labute approximate surface area is 78.4 Å². The number of hydrogen-bond acceptors (Lipinski definition) is 1. The predicted octanol–water partition coefficient (Wildman–Crippen LogP) is 2.99. The van der Waals surface area contributed by atoms with Crippen LogP contribution >= 0.6 is 0 Å². The van der Waals surface area contributed by atoms with Crippen LogP contribution in [0.4, 0.5) is 0 Å². The van der Waals surface area contributed by atoms with E-state index >= 15 is 0 Å². The van der Waals surface area contributed by atoms with Gasteiger partial charge in [0.1, 0.15) is 0 Å². The molecular weight excluding hydrogens is 160 g/mol. The van der Waals surface area contributed by atoms with Gasteiger partial charge in [0.2, 0.25) is 0 Å². The second-order valence-electron chi connectivity index (χ2n) is 3.02. The maximum atomic E-state index is 11.4. The van der Waals surface area contributed by atoms with Crippen molar-refractivity contribution in [1.29, 1.82) is 0 Å². The van der Waals surface area contributed by atoms with Crippen molar-refractivity contribution in [3.05, 3.63) is 53.3 Å². The highest BCUT2D eigenvalue weighted by atomic mass is 16.1. The molecule has 0 atom stereocenters. The van der Waals surface area contributed by atoms with Crippen LogP contribution in [0.15, 0.2) is 47.7 Å². The third-order valence-corrected chi connectivity index (χ3v) is 1.55. The molecule has 0 amide bonds. The van der Waals surface area contributed by atoms with E-state index in [1.54, 1.807) is 12.1 Å². The predicted molar refractivity (Wildman–Crippen MR) is 53.7 cm³/mol. The molecule has 0 aliphatic rings. The number of carbonyl (C=O) groups is 1. The summed E-state index contributed by atoms with van der Waals surface area (Å²) < 4.78 is 0. The van der Waals surface area contributed by atoms with Crippen molar-refractivity contribution in [3.8, 4) is 0 Å². The van der Waals surface area contributed by atoms with Gasteiger partial charge in [-0.15, -0.1) is 5.73 Å². The average Bonchev–Trinajstić information content (AvgIpc) is 2.15. The minimum Gasteiger partial charge on any atom is -0.289 e. The third-order valence-electron chi connectivity index (χ3n) is 1.55. The number of ketones is 1. The number of hydrogen-bond donors (Lipinski definition) is 0. The zero-order chi connectivity index (χ0) is 9.68. The summed E-state index contributed by atoms with van der Waals surface area (Å²) in [6.07, 6.45) is 1.48. The summed E-state index contributed by atoms with van der Waals surface area (Å²) in [5.41, 5.74) is 4.59. The van der Waals surface area contributed by atoms with E-state index in [0.717, 1.165) is 5.57 Å². The summed E-state index contributed by atoms with van der Waals surface area (Å²) in [6, 6.07) is 9.19. The zero-order valence-corrected chi connectivity index (χ0v) is 7.87. The van der Waals surface area contributed by atoms with Crippen LogP contribution in [-0.2, 0) is 0 Å². The van der Waals surface area contributed by atoms with Gasteiger partial charge in [0.25, 0.3) is 0 Å². The van der Waals surface area contributed by atoms with Crippen molar-refractivity contribution in [2.75, 3.05) is 0 Å². The molecule has 0 saturated carbocycles. The summed E-state index contributed by atoms with van der Waals surface area (Å²) in [4.78, 5) is 11.4. The lowest BCUT2D eigenvalue weighted by molar-refractivity contribution is 0.104. The Bertz CT molecular complexity index is 350. The van der Waals surface area contributed by atoms with Gasteiger partial charge in [0.15, 0.2) is 5.78 Å². The standard InChI is InChI=1S/C12H12O/c1-10(2)8-9-12(13)11-6-4-3-5-7-11/h3-7,9H,1-2H3. The minimum atomic E-state index is 0.00167. The Kier molecular flexibility index (Phi) is 3.24. The minimum absolute atomic E-state index is 0.00167. The molecule has 1 aromatic carbocycles. The van der Waals surface area contributed by atoms with Crippen molar-refractivity contribution in [3.63, 3.8) is 0 Å². The Hall–Kier alpha value is -1.59. The Morgan fingerprint density at radius 1 is 1.23 bits per heavy atom. The second kappa shape index (κ2) is 4.44. The quantitative estimate of drug-likeness (QED) is 0.381. The highest BCUT2D eigenvalue weighted by molar-refractivity contribution is 6.04. The van der Waals surface area contributed by atoms with Gasteiger partial charge < -0.3 is 0 Å². The smallest absolute Gasteiger partial charge is 0.193 e. The van der Waals surface area contributed by atoms with Gasteiger partial charge >= 0.3 is 0 Å². The fourth-order valence-corrected chi connectivity index (χ4v) is 0.896. The maximum absolute atomic E-state index is 11.4. The molecule has 0 radical (unpaired) electrons. The molecule has 1 aromatic rings. The monoisotopic (exact) mass is 172 g/mol. The van der Waals surface area contributed by atoms with Gasteiger partial charge in [0, 0.05) is 11.6 Å². The summed E-state index contributed by atoms with van der Waals surface area (Å²) in [7, 11) is 0. The molecule has 0 saturated heterocycles. The molecule has 1 heteroatoms. The van der Waals surface area contributed by atoms with Crippen LogP contribution in [0.5, 0.6) is 0 Å². The Balaban J connectivity index is 2.88. The van der Waals surface area contributed by atoms with Crippen LogP contribution in [0.2, 0.25) is 0 Å². The van der Waals surface area contributed by atoms with Gasteiger partial charge in [-0.3, -0.25) is 4.79 Å². The van der Waals surface area contributed by atoms with Crippen molar-refractivity contribution >= 4 is 5.78 Å². The van der Waals surface area contributed by atoms with Crippen LogP contribution in [-0.4, -0.2) is 5.78 Å². The van der Waals surface area contributed by atoms with Crippen molar-refractivity contribution in [1.82, 2.24) is 0 Å². The fraction of sp³-hybridized carbons (Fsp3) is 0.167. The zero-order valence-electron chi connectivity index (χ0n) is 7.87. The van der Waals surface area contributed by atoms with Crippen LogP contribution < -0.4 is 0 Å². The van der Waals surface area contributed by atoms with E-state index in [1.165, 1.54) is 6.08 Å². The van der Waals surface area contributed by atoms with Crippen molar-refractivity contribution in [2.24, 2.45) is 0 Å². The van der Waals surface area contributed by atoms with E-state index in [-0.39, 0.29) is 5.78 Å². The van der Waals surface area contributed by atoms with Gasteiger partial charge in [-0.1, -0.05) is 30.3 Å². The molecule has 0 spiro atoms. The van der Waals surface area contributed by atoms with Crippen molar-refractivity contribution in [2.45, 2.75) is 13.8 Å². The number of benzene rings is 1. The van der Waals surface area contributed by atoms with E-state index in [2.05, 4.69) is 5.73 Å². The van der Waals surface area contributed by atoms with E-state index in [0.29, 0.717) is 5.56 Å². The topological polar surface area (TPSA) is 17.1 Å². The molecule has 0 aromatic heterocycles. The summed E-state index contributed by atoms with van der Waals surface area (Å²) in [5, 5.41) is 0. The first-order valence-electron chi connectivity index (χ1n) is 4.19. The highest BCUT2D eigenvalue weighted by Gasteiger charge is 1.97. The first-order chi connectivity index (χ1) is 6.20. The SMILES string of the molecule is CC(C)=C=CC(=O)c1ccccc1. The maximum Gasteiger partial charge on any atom is 0.193 e. The van der Waals surface area contributed by atoms with E-state index in [9.17, 15) is 4.79 Å². The summed E-state index contributed by atoms with van der Waals surface area (Å²) >= 11 is 0. The molecule has 0 unspecified atom stereocenters. The van der Waals surface area contributed by atoms with Gasteiger partial charge in [-0.25, -0.2) is 0 Å². The molecule has 0 aliphatic heterocycles. The normalized spacial score (nSPS) is 8.77. The molecular formula is C12H12O. The molecule has 1 rings (SSSR count). The lowest BCUT2D eigenvalue weighted by Crippen LogP contribution is -1.91. The third kappa shape index (κ3) is 3.10. The molecule has 0 heterocycles. The Morgan fingerprint density at radius 3 is 2.38 bits per heavy atom. The first-order valence-corrected chi connectivity index (χ1v) is 4.19. The Morgan fingerprint density at radius 2 is 1.85 bits per heavy atom.